The summed E-state index contributed by atoms with van der Waals surface area (Å²) < 4.78 is 0. The standard InChI is InChI=1S/C10H13NSi/c1-5-9-8-10(6-7-11-9)12(2,3)4/h1,6-8H,2-4H3. The highest BCUT2D eigenvalue weighted by Gasteiger charge is 2.15. The lowest BCUT2D eigenvalue weighted by atomic mass is 10.4. The maximum absolute atomic E-state index is 5.26. The van der Waals surface area contributed by atoms with E-state index in [0.29, 0.717) is 0 Å². The largest absolute Gasteiger partial charge is 0.248 e. The van der Waals surface area contributed by atoms with E-state index in [4.69, 9.17) is 6.42 Å². The molecule has 1 rings (SSSR count). The molecule has 0 saturated carbocycles. The lowest BCUT2D eigenvalue weighted by Crippen LogP contribution is -2.37. The molecule has 0 amide bonds. The Balaban J connectivity index is 3.13. The van der Waals surface area contributed by atoms with Crippen molar-refractivity contribution in [2.24, 2.45) is 0 Å². The van der Waals surface area contributed by atoms with Gasteiger partial charge in [0.25, 0.3) is 0 Å². The number of aromatic nitrogens is 1. The number of pyridine rings is 1. The van der Waals surface area contributed by atoms with Crippen LogP contribution in [0.25, 0.3) is 0 Å². The first-order valence-corrected chi connectivity index (χ1v) is 7.47. The Hall–Kier alpha value is -1.07. The van der Waals surface area contributed by atoms with Gasteiger partial charge < -0.3 is 0 Å². The molecule has 1 heterocycles. The first kappa shape index (κ1) is 9.02. The second-order valence-corrected chi connectivity index (χ2v) is 8.90. The molecule has 1 aromatic heterocycles. The Morgan fingerprint density at radius 1 is 1.42 bits per heavy atom. The third kappa shape index (κ3) is 1.96. The van der Waals surface area contributed by atoms with Crippen molar-refractivity contribution in [3.8, 4) is 12.3 Å². The Labute approximate surface area is 74.9 Å². The predicted molar refractivity (Wildman–Crippen MR) is 55.2 cm³/mol. The van der Waals surface area contributed by atoms with Crippen molar-refractivity contribution in [2.45, 2.75) is 19.6 Å². The maximum atomic E-state index is 5.26. The quantitative estimate of drug-likeness (QED) is 0.467. The number of rotatable bonds is 1. The van der Waals surface area contributed by atoms with E-state index >= 15 is 0 Å². The Morgan fingerprint density at radius 2 is 2.08 bits per heavy atom. The molecule has 62 valence electrons. The molecule has 0 aliphatic heterocycles. The normalized spacial score (nSPS) is 10.8. The van der Waals surface area contributed by atoms with Gasteiger partial charge in [0.1, 0.15) is 5.69 Å². The van der Waals surface area contributed by atoms with Gasteiger partial charge in [-0.05, 0) is 12.1 Å². The Bertz CT molecular complexity index is 317. The van der Waals surface area contributed by atoms with Crippen molar-refractivity contribution in [1.29, 1.82) is 0 Å². The van der Waals surface area contributed by atoms with E-state index in [2.05, 4.69) is 36.6 Å². The van der Waals surface area contributed by atoms with Crippen LogP contribution in [0.4, 0.5) is 0 Å². The van der Waals surface area contributed by atoms with Gasteiger partial charge in [0.2, 0.25) is 0 Å². The highest BCUT2D eigenvalue weighted by atomic mass is 28.3. The molecular formula is C10H13NSi. The molecule has 0 aromatic carbocycles. The zero-order valence-corrected chi connectivity index (χ0v) is 8.76. The van der Waals surface area contributed by atoms with Crippen LogP contribution in [0, 0.1) is 12.3 Å². The van der Waals surface area contributed by atoms with Crippen LogP contribution in [0.2, 0.25) is 19.6 Å². The number of hydrogen-bond acceptors (Lipinski definition) is 1. The molecule has 12 heavy (non-hydrogen) atoms. The summed E-state index contributed by atoms with van der Waals surface area (Å²) in [6, 6.07) is 4.08. The van der Waals surface area contributed by atoms with Crippen LogP contribution in [0.1, 0.15) is 5.69 Å². The summed E-state index contributed by atoms with van der Waals surface area (Å²) in [4.78, 5) is 4.06. The fraction of sp³-hybridized carbons (Fsp3) is 0.300. The zero-order chi connectivity index (χ0) is 9.19. The fourth-order valence-electron chi connectivity index (χ4n) is 0.976. The molecule has 0 aliphatic rings. The lowest BCUT2D eigenvalue weighted by Gasteiger charge is -2.15. The molecule has 0 unspecified atom stereocenters. The average Bonchev–Trinajstić information content (AvgIpc) is 2.03. The minimum absolute atomic E-state index is 0.745. The molecule has 0 fully saturated rings. The van der Waals surface area contributed by atoms with Crippen molar-refractivity contribution in [2.75, 3.05) is 0 Å². The molecule has 0 N–H and O–H groups in total. The molecule has 2 heteroatoms. The minimum atomic E-state index is -1.22. The third-order valence-corrected chi connectivity index (χ3v) is 3.82. The molecule has 0 radical (unpaired) electrons. The summed E-state index contributed by atoms with van der Waals surface area (Å²) in [6.45, 7) is 6.88. The van der Waals surface area contributed by atoms with E-state index in [1.54, 1.807) is 6.20 Å². The van der Waals surface area contributed by atoms with E-state index in [-0.39, 0.29) is 0 Å². The van der Waals surface area contributed by atoms with Gasteiger partial charge in [-0.15, -0.1) is 6.42 Å². The SMILES string of the molecule is C#Cc1cc([Si](C)(C)C)ccn1. The summed E-state index contributed by atoms with van der Waals surface area (Å²) in [5, 5.41) is 1.37. The first-order chi connectivity index (χ1) is 5.54. The highest BCUT2D eigenvalue weighted by Crippen LogP contribution is 2.01. The fourth-order valence-corrected chi connectivity index (χ4v) is 2.12. The number of hydrogen-bond donors (Lipinski definition) is 0. The average molecular weight is 175 g/mol. The number of terminal acetylenes is 1. The third-order valence-electron chi connectivity index (χ3n) is 1.77. The minimum Gasteiger partial charge on any atom is -0.248 e. The van der Waals surface area contributed by atoms with Crippen molar-refractivity contribution in [1.82, 2.24) is 4.98 Å². The van der Waals surface area contributed by atoms with Crippen LogP contribution in [-0.4, -0.2) is 13.1 Å². The van der Waals surface area contributed by atoms with E-state index in [1.807, 2.05) is 6.07 Å². The lowest BCUT2D eigenvalue weighted by molar-refractivity contribution is 1.30. The van der Waals surface area contributed by atoms with E-state index in [1.165, 1.54) is 5.19 Å². The van der Waals surface area contributed by atoms with Gasteiger partial charge in [0, 0.05) is 6.20 Å². The van der Waals surface area contributed by atoms with E-state index in [0.717, 1.165) is 5.69 Å². The molecular weight excluding hydrogens is 162 g/mol. The second kappa shape index (κ2) is 3.12. The highest BCUT2D eigenvalue weighted by molar-refractivity contribution is 6.88. The van der Waals surface area contributed by atoms with Gasteiger partial charge in [-0.3, -0.25) is 0 Å². The van der Waals surface area contributed by atoms with Crippen LogP contribution in [0.5, 0.6) is 0 Å². The monoisotopic (exact) mass is 175 g/mol. The Morgan fingerprint density at radius 3 is 2.58 bits per heavy atom. The summed E-state index contributed by atoms with van der Waals surface area (Å²) in [5.74, 6) is 2.55. The smallest absolute Gasteiger partial charge is 0.112 e. The summed E-state index contributed by atoms with van der Waals surface area (Å²) in [5.41, 5.74) is 0.745. The maximum Gasteiger partial charge on any atom is 0.112 e. The van der Waals surface area contributed by atoms with Crippen LogP contribution < -0.4 is 5.19 Å². The first-order valence-electron chi connectivity index (χ1n) is 3.97. The van der Waals surface area contributed by atoms with E-state index < -0.39 is 8.07 Å². The molecule has 1 nitrogen and oxygen atoms in total. The molecule has 1 aromatic rings. The van der Waals surface area contributed by atoms with Crippen molar-refractivity contribution < 1.29 is 0 Å². The molecule has 0 saturated heterocycles. The van der Waals surface area contributed by atoms with Crippen molar-refractivity contribution in [3.05, 3.63) is 24.0 Å². The summed E-state index contributed by atoms with van der Waals surface area (Å²) >= 11 is 0. The molecule has 0 bridgehead atoms. The zero-order valence-electron chi connectivity index (χ0n) is 7.76. The van der Waals surface area contributed by atoms with Crippen LogP contribution in [0.15, 0.2) is 18.3 Å². The van der Waals surface area contributed by atoms with E-state index in [9.17, 15) is 0 Å². The van der Waals surface area contributed by atoms with Crippen molar-refractivity contribution >= 4 is 13.3 Å². The van der Waals surface area contributed by atoms with Crippen molar-refractivity contribution in [3.63, 3.8) is 0 Å². The molecule has 0 aliphatic carbocycles. The van der Waals surface area contributed by atoms with Gasteiger partial charge in [-0.25, -0.2) is 4.98 Å². The topological polar surface area (TPSA) is 12.9 Å². The van der Waals surface area contributed by atoms with Gasteiger partial charge >= 0.3 is 0 Å². The summed E-state index contributed by atoms with van der Waals surface area (Å²) in [7, 11) is -1.22. The van der Waals surface area contributed by atoms with Gasteiger partial charge in [-0.2, -0.15) is 0 Å². The van der Waals surface area contributed by atoms with Crippen LogP contribution in [0.3, 0.4) is 0 Å². The van der Waals surface area contributed by atoms with Crippen LogP contribution >= 0.6 is 0 Å². The molecule has 0 atom stereocenters. The predicted octanol–water partition coefficient (Wildman–Crippen LogP) is 1.61. The summed E-state index contributed by atoms with van der Waals surface area (Å²) in [6.07, 6.45) is 7.06. The van der Waals surface area contributed by atoms with Gasteiger partial charge in [-0.1, -0.05) is 30.7 Å². The van der Waals surface area contributed by atoms with Crippen LogP contribution in [-0.2, 0) is 0 Å². The molecule has 0 spiro atoms. The van der Waals surface area contributed by atoms with Gasteiger partial charge in [0.05, 0.1) is 8.07 Å². The number of nitrogens with zero attached hydrogens (tertiary/aromatic N) is 1. The second-order valence-electron chi connectivity index (χ2n) is 3.82. The Kier molecular flexibility index (Phi) is 2.34. The van der Waals surface area contributed by atoms with Gasteiger partial charge in [0.15, 0.2) is 0 Å².